The van der Waals surface area contributed by atoms with E-state index in [9.17, 15) is 0 Å². The van der Waals surface area contributed by atoms with E-state index in [1.54, 1.807) is 4.68 Å². The highest BCUT2D eigenvalue weighted by Gasteiger charge is 2.20. The second-order valence-electron chi connectivity index (χ2n) is 3.53. The fourth-order valence-electron chi connectivity index (χ4n) is 1.57. The van der Waals surface area contributed by atoms with Gasteiger partial charge in [0.1, 0.15) is 0 Å². The Labute approximate surface area is 124 Å². The molecule has 1 atom stereocenters. The molecule has 2 aromatic rings. The minimum Gasteiger partial charge on any atom is -0.319 e. The van der Waals surface area contributed by atoms with E-state index in [1.165, 1.54) is 0 Å². The van der Waals surface area contributed by atoms with Crippen LogP contribution in [0.5, 0.6) is 0 Å². The minimum atomic E-state index is -0.285. The molecule has 17 heavy (non-hydrogen) atoms. The van der Waals surface area contributed by atoms with Gasteiger partial charge < -0.3 is 5.73 Å². The van der Waals surface area contributed by atoms with Crippen LogP contribution in [0.25, 0.3) is 0 Å². The zero-order chi connectivity index (χ0) is 12.6. The maximum atomic E-state index is 6.24. The van der Waals surface area contributed by atoms with Gasteiger partial charge in [-0.3, -0.25) is 0 Å². The average Bonchev–Trinajstić information content (AvgIpc) is 2.58. The molecule has 4 nitrogen and oxygen atoms in total. The third-order valence-corrected chi connectivity index (χ3v) is 4.16. The second-order valence-corrected chi connectivity index (χ2v) is 6.05. The van der Waals surface area contributed by atoms with E-state index < -0.39 is 0 Å². The Morgan fingerprint density at radius 1 is 1.29 bits per heavy atom. The maximum absolute atomic E-state index is 6.24. The molecule has 1 heterocycles. The van der Waals surface area contributed by atoms with Gasteiger partial charge in [-0.15, -0.1) is 5.10 Å². The SMILES string of the molecule is Cn1nnc(Br)c1C(N)c1ccc(Br)cc1Br. The highest BCUT2D eigenvalue weighted by atomic mass is 79.9. The van der Waals surface area contributed by atoms with Crippen molar-refractivity contribution in [2.45, 2.75) is 6.04 Å². The monoisotopic (exact) mass is 422 g/mol. The topological polar surface area (TPSA) is 56.7 Å². The van der Waals surface area contributed by atoms with Crippen LogP contribution in [-0.4, -0.2) is 15.0 Å². The molecule has 0 saturated heterocycles. The Hall–Kier alpha value is -0.240. The van der Waals surface area contributed by atoms with Crippen molar-refractivity contribution in [2.75, 3.05) is 0 Å². The van der Waals surface area contributed by atoms with E-state index in [2.05, 4.69) is 58.1 Å². The van der Waals surface area contributed by atoms with Gasteiger partial charge in [-0.25, -0.2) is 4.68 Å². The predicted octanol–water partition coefficient (Wildman–Crippen LogP) is 3.15. The van der Waals surface area contributed by atoms with Crippen LogP contribution in [0.2, 0.25) is 0 Å². The number of nitrogens with zero attached hydrogens (tertiary/aromatic N) is 3. The van der Waals surface area contributed by atoms with Crippen molar-refractivity contribution < 1.29 is 0 Å². The molecule has 90 valence electrons. The Kier molecular flexibility index (Phi) is 4.02. The molecule has 0 amide bonds. The normalized spacial score (nSPS) is 12.8. The highest BCUT2D eigenvalue weighted by molar-refractivity contribution is 9.11. The summed E-state index contributed by atoms with van der Waals surface area (Å²) in [6.45, 7) is 0. The van der Waals surface area contributed by atoms with E-state index in [1.807, 2.05) is 25.2 Å². The Balaban J connectivity index is 2.47. The molecular weight excluding hydrogens is 416 g/mol. The van der Waals surface area contributed by atoms with E-state index in [0.717, 1.165) is 20.2 Å². The summed E-state index contributed by atoms with van der Waals surface area (Å²) >= 11 is 10.3. The number of rotatable bonds is 2. The molecule has 1 unspecified atom stereocenters. The van der Waals surface area contributed by atoms with Crippen molar-refractivity contribution in [1.29, 1.82) is 0 Å². The van der Waals surface area contributed by atoms with Crippen molar-refractivity contribution in [3.8, 4) is 0 Å². The number of benzene rings is 1. The molecule has 7 heteroatoms. The van der Waals surface area contributed by atoms with Gasteiger partial charge >= 0.3 is 0 Å². The summed E-state index contributed by atoms with van der Waals surface area (Å²) in [5.41, 5.74) is 8.06. The van der Waals surface area contributed by atoms with E-state index in [4.69, 9.17) is 5.73 Å². The summed E-state index contributed by atoms with van der Waals surface area (Å²) in [4.78, 5) is 0. The summed E-state index contributed by atoms with van der Waals surface area (Å²) in [5.74, 6) is 0. The number of aryl methyl sites for hydroxylation is 1. The Bertz CT molecular complexity index is 533. The quantitative estimate of drug-likeness (QED) is 0.805. The molecule has 0 radical (unpaired) electrons. The first kappa shape index (κ1) is 13.2. The smallest absolute Gasteiger partial charge is 0.153 e. The molecule has 0 spiro atoms. The lowest BCUT2D eigenvalue weighted by atomic mass is 10.1. The largest absolute Gasteiger partial charge is 0.319 e. The van der Waals surface area contributed by atoms with Crippen molar-refractivity contribution in [2.24, 2.45) is 12.8 Å². The minimum absolute atomic E-state index is 0.285. The van der Waals surface area contributed by atoms with Crippen LogP contribution in [0.1, 0.15) is 17.3 Å². The fraction of sp³-hybridized carbons (Fsp3) is 0.200. The van der Waals surface area contributed by atoms with Gasteiger partial charge in [0.05, 0.1) is 11.7 Å². The van der Waals surface area contributed by atoms with Crippen LogP contribution < -0.4 is 5.73 Å². The van der Waals surface area contributed by atoms with Gasteiger partial charge in [0.25, 0.3) is 0 Å². The van der Waals surface area contributed by atoms with Crippen LogP contribution >= 0.6 is 47.8 Å². The summed E-state index contributed by atoms with van der Waals surface area (Å²) in [5, 5.41) is 7.86. The molecule has 0 aliphatic carbocycles. The lowest BCUT2D eigenvalue weighted by Gasteiger charge is -2.14. The molecule has 0 aliphatic rings. The van der Waals surface area contributed by atoms with Gasteiger partial charge in [-0.05, 0) is 33.6 Å². The number of aromatic nitrogens is 3. The second kappa shape index (κ2) is 5.17. The van der Waals surface area contributed by atoms with Gasteiger partial charge in [-0.2, -0.15) is 0 Å². The van der Waals surface area contributed by atoms with Crippen LogP contribution in [0.3, 0.4) is 0 Å². The third kappa shape index (κ3) is 2.62. The van der Waals surface area contributed by atoms with Gasteiger partial charge in [-0.1, -0.05) is 43.1 Å². The molecule has 1 aromatic heterocycles. The first-order valence-corrected chi connectivity index (χ1v) is 7.14. The zero-order valence-corrected chi connectivity index (χ0v) is 13.6. The first-order valence-electron chi connectivity index (χ1n) is 4.76. The first-order chi connectivity index (χ1) is 8.00. The molecule has 0 bridgehead atoms. The summed E-state index contributed by atoms with van der Waals surface area (Å²) < 4.78 is 4.29. The van der Waals surface area contributed by atoms with Crippen LogP contribution in [-0.2, 0) is 7.05 Å². The number of halogens is 3. The van der Waals surface area contributed by atoms with E-state index in [0.29, 0.717) is 4.60 Å². The van der Waals surface area contributed by atoms with Crippen molar-refractivity contribution in [3.05, 3.63) is 43.0 Å². The van der Waals surface area contributed by atoms with Gasteiger partial charge in [0, 0.05) is 16.0 Å². The van der Waals surface area contributed by atoms with Crippen LogP contribution in [0.4, 0.5) is 0 Å². The molecule has 0 saturated carbocycles. The third-order valence-electron chi connectivity index (χ3n) is 2.42. The lowest BCUT2D eigenvalue weighted by molar-refractivity contribution is 0.650. The summed E-state index contributed by atoms with van der Waals surface area (Å²) in [7, 11) is 1.82. The molecule has 1 aromatic carbocycles. The van der Waals surface area contributed by atoms with E-state index >= 15 is 0 Å². The maximum Gasteiger partial charge on any atom is 0.153 e. The lowest BCUT2D eigenvalue weighted by Crippen LogP contribution is -2.17. The number of hydrogen-bond donors (Lipinski definition) is 1. The van der Waals surface area contributed by atoms with E-state index in [-0.39, 0.29) is 6.04 Å². The molecule has 0 fully saturated rings. The number of hydrogen-bond acceptors (Lipinski definition) is 3. The molecule has 0 aliphatic heterocycles. The van der Waals surface area contributed by atoms with Crippen molar-refractivity contribution in [1.82, 2.24) is 15.0 Å². The standard InChI is InChI=1S/C10H9Br3N4/c1-17-9(10(13)15-16-17)8(14)6-3-2-5(11)4-7(6)12/h2-4,8H,14H2,1H3. The van der Waals surface area contributed by atoms with Crippen LogP contribution in [0.15, 0.2) is 31.7 Å². The Morgan fingerprint density at radius 3 is 2.53 bits per heavy atom. The van der Waals surface area contributed by atoms with Gasteiger partial charge in [0.2, 0.25) is 0 Å². The highest BCUT2D eigenvalue weighted by Crippen LogP contribution is 2.31. The van der Waals surface area contributed by atoms with Gasteiger partial charge in [0.15, 0.2) is 4.60 Å². The molecular formula is C10H9Br3N4. The number of nitrogens with two attached hydrogens (primary N) is 1. The van der Waals surface area contributed by atoms with Crippen molar-refractivity contribution >= 4 is 47.8 Å². The summed E-state index contributed by atoms with van der Waals surface area (Å²) in [6.07, 6.45) is 0. The molecule has 2 rings (SSSR count). The Morgan fingerprint density at radius 2 is 2.00 bits per heavy atom. The molecule has 2 N–H and O–H groups in total. The van der Waals surface area contributed by atoms with Crippen molar-refractivity contribution in [3.63, 3.8) is 0 Å². The predicted molar refractivity (Wildman–Crippen MR) is 76.6 cm³/mol. The summed E-state index contributed by atoms with van der Waals surface area (Å²) in [6, 6.07) is 5.61. The zero-order valence-electron chi connectivity index (χ0n) is 8.86. The average molecular weight is 425 g/mol. The van der Waals surface area contributed by atoms with Crippen LogP contribution in [0, 0.1) is 0 Å². The fourth-order valence-corrected chi connectivity index (χ4v) is 3.44.